The highest BCUT2D eigenvalue weighted by Gasteiger charge is 2.59. The van der Waals surface area contributed by atoms with Crippen LogP contribution in [0.15, 0.2) is 0 Å². The van der Waals surface area contributed by atoms with Crippen molar-refractivity contribution in [3.63, 3.8) is 0 Å². The number of rotatable bonds is 6. The van der Waals surface area contributed by atoms with E-state index in [0.717, 1.165) is 0 Å². The second-order valence-electron chi connectivity index (χ2n) is 7.74. The maximum absolute atomic E-state index is 12.5. The van der Waals surface area contributed by atoms with E-state index in [-0.39, 0.29) is 12.5 Å². The van der Waals surface area contributed by atoms with Crippen LogP contribution >= 0.6 is 0 Å². The minimum atomic E-state index is -1.28. The third-order valence-corrected chi connectivity index (χ3v) is 5.31. The first-order valence-electron chi connectivity index (χ1n) is 9.21. The molecule has 11 heteroatoms. The predicted octanol–water partition coefficient (Wildman–Crippen LogP) is -2.47. The van der Waals surface area contributed by atoms with Crippen molar-refractivity contribution in [1.29, 1.82) is 0 Å². The fourth-order valence-electron chi connectivity index (χ4n) is 4.01. The summed E-state index contributed by atoms with van der Waals surface area (Å²) < 4.78 is 27.8. The Hall–Kier alpha value is -0.890. The van der Waals surface area contributed by atoms with Gasteiger partial charge in [0.2, 0.25) is 5.91 Å². The van der Waals surface area contributed by atoms with E-state index in [0.29, 0.717) is 0 Å². The van der Waals surface area contributed by atoms with Crippen LogP contribution in [-0.2, 0) is 28.5 Å². The van der Waals surface area contributed by atoms with Crippen LogP contribution in [0.25, 0.3) is 0 Å². The molecule has 3 saturated heterocycles. The van der Waals surface area contributed by atoms with Crippen LogP contribution in [0.5, 0.6) is 0 Å². The van der Waals surface area contributed by atoms with E-state index in [4.69, 9.17) is 23.7 Å². The second-order valence-corrected chi connectivity index (χ2v) is 7.74. The largest absolute Gasteiger partial charge is 0.394 e. The van der Waals surface area contributed by atoms with Crippen LogP contribution in [0.3, 0.4) is 0 Å². The summed E-state index contributed by atoms with van der Waals surface area (Å²) in [4.78, 5) is 13.8. The monoisotopic (exact) mass is 407 g/mol. The van der Waals surface area contributed by atoms with Crippen molar-refractivity contribution >= 4 is 5.91 Å². The molecular weight excluding hydrogens is 378 g/mol. The highest BCUT2D eigenvalue weighted by atomic mass is 16.8. The Bertz CT molecular complexity index is 574. The highest BCUT2D eigenvalue weighted by molar-refractivity contribution is 5.74. The lowest BCUT2D eigenvalue weighted by atomic mass is 9.99. The summed E-state index contributed by atoms with van der Waals surface area (Å²) in [7, 11) is 1.33. The van der Waals surface area contributed by atoms with Gasteiger partial charge in [-0.25, -0.2) is 0 Å². The lowest BCUT2D eigenvalue weighted by Crippen LogP contribution is -2.57. The number of aliphatic hydroxyl groups excluding tert-OH is 4. The first-order chi connectivity index (χ1) is 13.1. The van der Waals surface area contributed by atoms with Gasteiger partial charge in [-0.05, 0) is 13.8 Å². The number of nitrogens with zero attached hydrogens (tertiary/aromatic N) is 1. The van der Waals surface area contributed by atoms with Gasteiger partial charge < -0.3 is 49.0 Å². The van der Waals surface area contributed by atoms with Crippen molar-refractivity contribution in [2.24, 2.45) is 0 Å². The van der Waals surface area contributed by atoms with Crippen LogP contribution in [0.1, 0.15) is 20.8 Å². The van der Waals surface area contributed by atoms with Gasteiger partial charge in [0, 0.05) is 14.0 Å². The van der Waals surface area contributed by atoms with Crippen LogP contribution in [-0.4, -0.2) is 113 Å². The molecule has 1 amide bonds. The summed E-state index contributed by atoms with van der Waals surface area (Å²) in [5, 5.41) is 39.9. The highest BCUT2D eigenvalue weighted by Crippen LogP contribution is 2.41. The minimum absolute atomic E-state index is 0.108. The number of ether oxygens (including phenoxy) is 5. The number of aliphatic hydroxyl groups is 4. The summed E-state index contributed by atoms with van der Waals surface area (Å²) >= 11 is 0. The zero-order valence-corrected chi connectivity index (χ0v) is 16.3. The topological polar surface area (TPSA) is 147 Å². The Kier molecular flexibility index (Phi) is 6.30. The Morgan fingerprint density at radius 1 is 1.21 bits per heavy atom. The van der Waals surface area contributed by atoms with Gasteiger partial charge in [-0.3, -0.25) is 4.79 Å². The van der Waals surface area contributed by atoms with Gasteiger partial charge in [-0.15, -0.1) is 0 Å². The zero-order valence-electron chi connectivity index (χ0n) is 16.3. The average molecular weight is 407 g/mol. The smallest absolute Gasteiger partial charge is 0.219 e. The molecule has 0 saturated carbocycles. The maximum atomic E-state index is 12.5. The van der Waals surface area contributed by atoms with Crippen LogP contribution in [0, 0.1) is 0 Å². The molecule has 3 fully saturated rings. The van der Waals surface area contributed by atoms with Gasteiger partial charge in [0.15, 0.2) is 18.4 Å². The third kappa shape index (κ3) is 3.91. The predicted molar refractivity (Wildman–Crippen MR) is 90.6 cm³/mol. The van der Waals surface area contributed by atoms with Crippen molar-refractivity contribution in [1.82, 2.24) is 4.90 Å². The summed E-state index contributed by atoms with van der Waals surface area (Å²) in [6.07, 6.45) is -8.29. The summed E-state index contributed by atoms with van der Waals surface area (Å²) in [6.45, 7) is 4.03. The SMILES string of the molecule is CO[C@@H]1O[C@H](CN(C(C)=O)[C@H]2[C@H]3OC(C)(C)O[C@H]3O[C@@H]2[C@H](O)CO)[C@@H](O)[C@H]1O. The van der Waals surface area contributed by atoms with E-state index in [9.17, 15) is 25.2 Å². The molecule has 0 aromatic carbocycles. The maximum Gasteiger partial charge on any atom is 0.219 e. The number of amides is 1. The number of fused-ring (bicyclic) bond motifs is 1. The van der Waals surface area contributed by atoms with Crippen molar-refractivity contribution in [2.75, 3.05) is 20.3 Å². The standard InChI is InChI=1S/C17H29NO10/c1-7(20)18(5-9-11(22)12(23)15(24-4)25-9)10-13(8(21)6-19)26-16-14(10)27-17(2,3)28-16/h8-16,19,21-23H,5-6H2,1-4H3/t8-,9-,10-,11-,12-,13-,14-,15-,16-/m1/s1. The Morgan fingerprint density at radius 3 is 2.43 bits per heavy atom. The zero-order chi connectivity index (χ0) is 20.8. The van der Waals surface area contributed by atoms with E-state index < -0.39 is 67.6 Å². The van der Waals surface area contributed by atoms with Crippen molar-refractivity contribution < 1.29 is 48.9 Å². The molecule has 3 rings (SSSR count). The fraction of sp³-hybridized carbons (Fsp3) is 0.941. The van der Waals surface area contributed by atoms with Crippen LogP contribution in [0.4, 0.5) is 0 Å². The van der Waals surface area contributed by atoms with Crippen LogP contribution < -0.4 is 0 Å². The number of carbonyl (C=O) groups is 1. The van der Waals surface area contributed by atoms with E-state index in [1.165, 1.54) is 18.9 Å². The Balaban J connectivity index is 1.85. The molecule has 0 aliphatic carbocycles. The van der Waals surface area contributed by atoms with Gasteiger partial charge in [-0.2, -0.15) is 0 Å². The van der Waals surface area contributed by atoms with Crippen molar-refractivity contribution in [3.05, 3.63) is 0 Å². The summed E-state index contributed by atoms with van der Waals surface area (Å²) in [6, 6.07) is -0.805. The molecular formula is C17H29NO10. The normalized spacial score (nSPS) is 43.1. The third-order valence-electron chi connectivity index (χ3n) is 5.31. The van der Waals surface area contributed by atoms with Gasteiger partial charge in [-0.1, -0.05) is 0 Å². The molecule has 3 aliphatic rings. The van der Waals surface area contributed by atoms with Gasteiger partial charge in [0.05, 0.1) is 19.2 Å². The van der Waals surface area contributed by atoms with E-state index in [1.807, 2.05) is 0 Å². The first kappa shape index (κ1) is 21.8. The van der Waals surface area contributed by atoms with Crippen LogP contribution in [0.2, 0.25) is 0 Å². The number of carbonyl (C=O) groups excluding carboxylic acids is 1. The molecule has 0 radical (unpaired) electrons. The number of hydrogen-bond donors (Lipinski definition) is 4. The molecule has 11 nitrogen and oxygen atoms in total. The van der Waals surface area contributed by atoms with Gasteiger partial charge >= 0.3 is 0 Å². The molecule has 0 bridgehead atoms. The molecule has 162 valence electrons. The average Bonchev–Trinajstić information content (AvgIpc) is 3.21. The van der Waals surface area contributed by atoms with E-state index in [1.54, 1.807) is 13.8 Å². The first-order valence-corrected chi connectivity index (χ1v) is 9.21. The summed E-state index contributed by atoms with van der Waals surface area (Å²) in [5.41, 5.74) is 0. The van der Waals surface area contributed by atoms with Gasteiger partial charge in [0.1, 0.15) is 36.6 Å². The minimum Gasteiger partial charge on any atom is -0.394 e. The molecule has 0 aromatic heterocycles. The Labute approximate surface area is 162 Å². The summed E-state index contributed by atoms with van der Waals surface area (Å²) in [5.74, 6) is -1.34. The molecule has 9 atom stereocenters. The number of hydrogen-bond acceptors (Lipinski definition) is 10. The number of methoxy groups -OCH3 is 1. The molecule has 28 heavy (non-hydrogen) atoms. The van der Waals surface area contributed by atoms with Crippen molar-refractivity contribution in [3.8, 4) is 0 Å². The van der Waals surface area contributed by atoms with Crippen molar-refractivity contribution in [2.45, 2.75) is 81.8 Å². The molecule has 0 unspecified atom stereocenters. The lowest BCUT2D eigenvalue weighted by Gasteiger charge is -2.37. The van der Waals surface area contributed by atoms with E-state index in [2.05, 4.69) is 0 Å². The lowest BCUT2D eigenvalue weighted by molar-refractivity contribution is -0.224. The van der Waals surface area contributed by atoms with Gasteiger partial charge in [0.25, 0.3) is 0 Å². The second kappa shape index (κ2) is 8.09. The molecule has 0 aromatic rings. The Morgan fingerprint density at radius 2 is 1.89 bits per heavy atom. The quantitative estimate of drug-likeness (QED) is 0.373. The molecule has 3 heterocycles. The molecule has 3 aliphatic heterocycles. The fourth-order valence-corrected chi connectivity index (χ4v) is 4.01. The molecule has 4 N–H and O–H groups in total. The van der Waals surface area contributed by atoms with E-state index >= 15 is 0 Å². The molecule has 0 spiro atoms.